The third-order valence-electron chi connectivity index (χ3n) is 2.71. The van der Waals surface area contributed by atoms with Crippen LogP contribution in [0.1, 0.15) is 17.2 Å². The molecule has 5 nitrogen and oxygen atoms in total. The van der Waals surface area contributed by atoms with Crippen molar-refractivity contribution in [3.05, 3.63) is 35.1 Å². The van der Waals surface area contributed by atoms with E-state index in [1.165, 1.54) is 18.2 Å². The summed E-state index contributed by atoms with van der Waals surface area (Å²) in [6.07, 6.45) is 0. The lowest BCUT2D eigenvalue weighted by Crippen LogP contribution is -2.35. The number of carbonyl (C=O) groups excluding carboxylic acids is 1. The quantitative estimate of drug-likeness (QED) is 0.717. The van der Waals surface area contributed by atoms with Gasteiger partial charge in [0.15, 0.2) is 6.04 Å². The predicted molar refractivity (Wildman–Crippen MR) is 57.0 cm³/mol. The van der Waals surface area contributed by atoms with Gasteiger partial charge in [-0.1, -0.05) is 12.1 Å². The summed E-state index contributed by atoms with van der Waals surface area (Å²) >= 11 is 0. The summed E-state index contributed by atoms with van der Waals surface area (Å²) in [6, 6.07) is 2.00. The highest BCUT2D eigenvalue weighted by molar-refractivity contribution is 5.87. The second-order valence-electron chi connectivity index (χ2n) is 3.92. The highest BCUT2D eigenvalue weighted by atomic mass is 19.1. The molecule has 2 atom stereocenters. The molecule has 0 aromatic heterocycles. The van der Waals surface area contributed by atoms with Crippen molar-refractivity contribution >= 4 is 12.0 Å². The number of amides is 2. The lowest BCUT2D eigenvalue weighted by molar-refractivity contribution is -0.139. The van der Waals surface area contributed by atoms with Crippen LogP contribution in [0.5, 0.6) is 0 Å². The van der Waals surface area contributed by atoms with E-state index >= 15 is 0 Å². The number of carbonyl (C=O) groups is 2. The Morgan fingerprint density at radius 2 is 2.12 bits per heavy atom. The molecule has 0 saturated carbocycles. The van der Waals surface area contributed by atoms with Crippen molar-refractivity contribution < 1.29 is 19.1 Å². The summed E-state index contributed by atoms with van der Waals surface area (Å²) in [7, 11) is 0. The number of aliphatic carboxylic acids is 1. The van der Waals surface area contributed by atoms with Crippen molar-refractivity contribution in [1.82, 2.24) is 10.6 Å². The molecule has 1 saturated heterocycles. The largest absolute Gasteiger partial charge is 0.480 e. The van der Waals surface area contributed by atoms with Crippen LogP contribution in [0.2, 0.25) is 0 Å². The van der Waals surface area contributed by atoms with Gasteiger partial charge in [0.05, 0.1) is 6.04 Å². The predicted octanol–water partition coefficient (Wildman–Crippen LogP) is 0.941. The van der Waals surface area contributed by atoms with Crippen LogP contribution in [-0.4, -0.2) is 23.1 Å². The van der Waals surface area contributed by atoms with Crippen LogP contribution in [0.3, 0.4) is 0 Å². The van der Waals surface area contributed by atoms with Crippen LogP contribution in [0.4, 0.5) is 9.18 Å². The molecule has 0 aliphatic carbocycles. The number of carboxylic acids is 1. The number of rotatable bonds is 2. The van der Waals surface area contributed by atoms with E-state index < -0.39 is 24.1 Å². The fourth-order valence-corrected chi connectivity index (χ4v) is 1.83. The lowest BCUT2D eigenvalue weighted by atomic mass is 9.99. The van der Waals surface area contributed by atoms with Crippen molar-refractivity contribution in [1.29, 1.82) is 0 Å². The summed E-state index contributed by atoms with van der Waals surface area (Å²) in [5, 5.41) is 13.7. The molecule has 1 aromatic carbocycles. The van der Waals surface area contributed by atoms with Gasteiger partial charge in [0.1, 0.15) is 5.82 Å². The minimum Gasteiger partial charge on any atom is -0.480 e. The average molecular weight is 238 g/mol. The number of hydrogen-bond donors (Lipinski definition) is 3. The molecule has 3 N–H and O–H groups in total. The second kappa shape index (κ2) is 4.04. The molecular weight excluding hydrogens is 227 g/mol. The van der Waals surface area contributed by atoms with Gasteiger partial charge in [0.25, 0.3) is 0 Å². The molecule has 0 bridgehead atoms. The standard InChI is InChI=1S/C11H11FN2O3/c1-5-4-6(2-3-7(5)12)8-9(10(15)16)14-11(17)13-8/h2-4,8-9H,1H3,(H,15,16)(H2,13,14,17). The Bertz CT molecular complexity index is 490. The molecule has 17 heavy (non-hydrogen) atoms. The van der Waals surface area contributed by atoms with Gasteiger partial charge >= 0.3 is 12.0 Å². The molecule has 1 aromatic rings. The zero-order valence-electron chi connectivity index (χ0n) is 9.03. The van der Waals surface area contributed by atoms with E-state index in [9.17, 15) is 14.0 Å². The van der Waals surface area contributed by atoms with Crippen molar-refractivity contribution in [2.75, 3.05) is 0 Å². The maximum atomic E-state index is 13.1. The Kier molecular flexibility index (Phi) is 2.71. The molecule has 90 valence electrons. The maximum Gasteiger partial charge on any atom is 0.328 e. The summed E-state index contributed by atoms with van der Waals surface area (Å²) < 4.78 is 13.1. The Labute approximate surface area is 96.6 Å². The van der Waals surface area contributed by atoms with Crippen LogP contribution in [0.25, 0.3) is 0 Å². The third kappa shape index (κ3) is 2.06. The number of urea groups is 1. The molecule has 1 fully saturated rings. The number of hydrogen-bond acceptors (Lipinski definition) is 2. The lowest BCUT2D eigenvalue weighted by Gasteiger charge is -2.15. The Hall–Kier alpha value is -2.11. The van der Waals surface area contributed by atoms with Crippen molar-refractivity contribution in [3.8, 4) is 0 Å². The smallest absolute Gasteiger partial charge is 0.328 e. The molecule has 2 unspecified atom stereocenters. The molecular formula is C11H11FN2O3. The van der Waals surface area contributed by atoms with E-state index in [1.54, 1.807) is 6.92 Å². The molecule has 2 amide bonds. The van der Waals surface area contributed by atoms with Crippen LogP contribution in [-0.2, 0) is 4.79 Å². The average Bonchev–Trinajstić information content (AvgIpc) is 2.64. The molecule has 1 aliphatic heterocycles. The molecule has 0 radical (unpaired) electrons. The van der Waals surface area contributed by atoms with Gasteiger partial charge in [-0.25, -0.2) is 14.0 Å². The van der Waals surface area contributed by atoms with E-state index in [-0.39, 0.29) is 5.82 Å². The molecule has 6 heteroatoms. The maximum absolute atomic E-state index is 13.1. The molecule has 1 aliphatic rings. The van der Waals surface area contributed by atoms with E-state index in [0.29, 0.717) is 11.1 Å². The third-order valence-corrected chi connectivity index (χ3v) is 2.71. The summed E-state index contributed by atoms with van der Waals surface area (Å²) in [5.74, 6) is -1.49. The number of carboxylic acid groups (broad SMARTS) is 1. The summed E-state index contributed by atoms with van der Waals surface area (Å²) in [4.78, 5) is 22.1. The first-order valence-electron chi connectivity index (χ1n) is 5.05. The SMILES string of the molecule is Cc1cc(C2NC(=O)NC2C(=O)O)ccc1F. The number of benzene rings is 1. The van der Waals surface area contributed by atoms with Crippen molar-refractivity contribution in [2.24, 2.45) is 0 Å². The molecule has 2 rings (SSSR count). The van der Waals surface area contributed by atoms with E-state index in [2.05, 4.69) is 10.6 Å². The van der Waals surface area contributed by atoms with Gasteiger partial charge in [-0.3, -0.25) is 0 Å². The summed E-state index contributed by atoms with van der Waals surface area (Å²) in [5.41, 5.74) is 0.974. The minimum absolute atomic E-state index is 0.363. The topological polar surface area (TPSA) is 78.4 Å². The first kappa shape index (κ1) is 11.4. The van der Waals surface area contributed by atoms with Gasteiger partial charge < -0.3 is 15.7 Å². The van der Waals surface area contributed by atoms with Crippen LogP contribution in [0, 0.1) is 12.7 Å². The van der Waals surface area contributed by atoms with Gasteiger partial charge in [0, 0.05) is 0 Å². The summed E-state index contributed by atoms with van der Waals surface area (Å²) in [6.45, 7) is 1.58. The molecule has 0 spiro atoms. The highest BCUT2D eigenvalue weighted by Gasteiger charge is 2.37. The van der Waals surface area contributed by atoms with Crippen LogP contribution >= 0.6 is 0 Å². The zero-order chi connectivity index (χ0) is 12.6. The van der Waals surface area contributed by atoms with Gasteiger partial charge in [-0.05, 0) is 24.1 Å². The first-order chi connectivity index (χ1) is 7.99. The van der Waals surface area contributed by atoms with Gasteiger partial charge in [-0.2, -0.15) is 0 Å². The number of nitrogens with one attached hydrogen (secondary N) is 2. The van der Waals surface area contributed by atoms with Crippen LogP contribution < -0.4 is 10.6 Å². The minimum atomic E-state index is -1.13. The fraction of sp³-hybridized carbons (Fsp3) is 0.273. The number of halogens is 1. The Morgan fingerprint density at radius 1 is 1.41 bits per heavy atom. The monoisotopic (exact) mass is 238 g/mol. The normalized spacial score (nSPS) is 23.1. The first-order valence-corrected chi connectivity index (χ1v) is 5.05. The number of aryl methyl sites for hydroxylation is 1. The zero-order valence-corrected chi connectivity index (χ0v) is 9.03. The molecule has 1 heterocycles. The Balaban J connectivity index is 2.34. The van der Waals surface area contributed by atoms with E-state index in [4.69, 9.17) is 5.11 Å². The van der Waals surface area contributed by atoms with Crippen molar-refractivity contribution in [3.63, 3.8) is 0 Å². The van der Waals surface area contributed by atoms with E-state index in [1.807, 2.05) is 0 Å². The van der Waals surface area contributed by atoms with E-state index in [0.717, 1.165) is 0 Å². The van der Waals surface area contributed by atoms with Crippen molar-refractivity contribution in [2.45, 2.75) is 19.0 Å². The van der Waals surface area contributed by atoms with Gasteiger partial charge in [0.2, 0.25) is 0 Å². The van der Waals surface area contributed by atoms with Crippen LogP contribution in [0.15, 0.2) is 18.2 Å². The second-order valence-corrected chi connectivity index (χ2v) is 3.92. The Morgan fingerprint density at radius 3 is 2.71 bits per heavy atom. The fourth-order valence-electron chi connectivity index (χ4n) is 1.83. The highest BCUT2D eigenvalue weighted by Crippen LogP contribution is 2.23. The van der Waals surface area contributed by atoms with Gasteiger partial charge in [-0.15, -0.1) is 0 Å².